The van der Waals surface area contributed by atoms with Crippen LogP contribution in [0.25, 0.3) is 11.1 Å². The fraction of sp³-hybridized carbons (Fsp3) is 0.156. The molecule has 2 N–H and O–H groups in total. The smallest absolute Gasteiger partial charge is 0.416 e. The van der Waals surface area contributed by atoms with Crippen molar-refractivity contribution in [2.24, 2.45) is 4.99 Å². The van der Waals surface area contributed by atoms with Gasteiger partial charge < -0.3 is 15.1 Å². The number of carboxylic acids is 1. The Labute approximate surface area is 234 Å². The summed E-state index contributed by atoms with van der Waals surface area (Å²) in [7, 11) is 0. The van der Waals surface area contributed by atoms with Crippen molar-refractivity contribution < 1.29 is 33.0 Å². The molecule has 1 heterocycles. The number of aliphatic imine (C=N–C) groups is 1. The minimum Gasteiger partial charge on any atom is -0.505 e. The molecule has 1 amide bonds. The van der Waals surface area contributed by atoms with E-state index < -0.39 is 29.5 Å². The Morgan fingerprint density at radius 1 is 1.00 bits per heavy atom. The summed E-state index contributed by atoms with van der Waals surface area (Å²) in [5.41, 5.74) is 2.71. The van der Waals surface area contributed by atoms with Crippen molar-refractivity contribution in [1.29, 1.82) is 0 Å². The van der Waals surface area contributed by atoms with Crippen LogP contribution in [-0.2, 0) is 17.4 Å². The molecule has 4 aromatic rings. The van der Waals surface area contributed by atoms with E-state index in [1.807, 2.05) is 31.2 Å². The van der Waals surface area contributed by atoms with E-state index in [1.54, 1.807) is 24.3 Å². The Bertz CT molecular complexity index is 1680. The molecule has 0 spiro atoms. The van der Waals surface area contributed by atoms with Crippen LogP contribution in [0.1, 0.15) is 38.5 Å². The van der Waals surface area contributed by atoms with Crippen molar-refractivity contribution in [3.05, 3.63) is 113 Å². The quantitative estimate of drug-likeness (QED) is 0.236. The fourth-order valence-electron chi connectivity index (χ4n) is 4.98. The minimum atomic E-state index is -4.57. The Balaban J connectivity index is 1.48. The molecule has 0 aliphatic carbocycles. The molecule has 0 aromatic heterocycles. The number of rotatable bonds is 7. The summed E-state index contributed by atoms with van der Waals surface area (Å²) in [5, 5.41) is 20.2. The number of para-hydroxylation sites is 1. The zero-order valence-electron chi connectivity index (χ0n) is 21.9. The van der Waals surface area contributed by atoms with E-state index >= 15 is 0 Å². The van der Waals surface area contributed by atoms with Crippen LogP contribution in [0.2, 0.25) is 0 Å². The summed E-state index contributed by atoms with van der Waals surface area (Å²) in [6.45, 7) is 2.12. The highest BCUT2D eigenvalue weighted by molar-refractivity contribution is 6.14. The van der Waals surface area contributed by atoms with Gasteiger partial charge in [-0.1, -0.05) is 54.6 Å². The highest BCUT2D eigenvalue weighted by Crippen LogP contribution is 2.42. The van der Waals surface area contributed by atoms with Gasteiger partial charge in [-0.2, -0.15) is 13.2 Å². The van der Waals surface area contributed by atoms with Crippen LogP contribution in [0.3, 0.4) is 0 Å². The average Bonchev–Trinajstić information content (AvgIpc) is 3.21. The summed E-state index contributed by atoms with van der Waals surface area (Å²) in [4.78, 5) is 30.7. The number of phenols is 1. The highest BCUT2D eigenvalue weighted by Gasteiger charge is 2.39. The van der Waals surface area contributed by atoms with E-state index in [9.17, 15) is 33.0 Å². The molecule has 1 aliphatic rings. The van der Waals surface area contributed by atoms with Crippen molar-refractivity contribution in [3.63, 3.8) is 0 Å². The molecule has 1 aliphatic heterocycles. The third kappa shape index (κ3) is 5.56. The van der Waals surface area contributed by atoms with E-state index in [2.05, 4.69) is 4.99 Å². The lowest BCUT2D eigenvalue weighted by atomic mass is 10.00. The lowest BCUT2D eigenvalue weighted by Gasteiger charge is -2.19. The first kappa shape index (κ1) is 27.6. The fourth-order valence-corrected chi connectivity index (χ4v) is 4.98. The van der Waals surface area contributed by atoms with Gasteiger partial charge in [0.15, 0.2) is 0 Å². The Kier molecular flexibility index (Phi) is 7.36. The molecule has 0 bridgehead atoms. The molecule has 4 aromatic carbocycles. The van der Waals surface area contributed by atoms with Crippen LogP contribution in [0.15, 0.2) is 89.9 Å². The van der Waals surface area contributed by atoms with Gasteiger partial charge in [0.2, 0.25) is 5.91 Å². The monoisotopic (exact) mass is 558 g/mol. The number of phenolic OH excluding ortho intramolecular Hbond substituents is 1. The molecule has 208 valence electrons. The van der Waals surface area contributed by atoms with Gasteiger partial charge in [0.1, 0.15) is 17.4 Å². The maximum Gasteiger partial charge on any atom is 0.416 e. The van der Waals surface area contributed by atoms with E-state index in [0.717, 1.165) is 23.3 Å². The zero-order valence-corrected chi connectivity index (χ0v) is 21.9. The number of benzene rings is 4. The molecule has 5 rings (SSSR count). The van der Waals surface area contributed by atoms with Crippen molar-refractivity contribution in [2.75, 3.05) is 11.4 Å². The third-order valence-electron chi connectivity index (χ3n) is 7.18. The molecule has 0 saturated heterocycles. The Hall–Kier alpha value is -4.92. The first-order valence-corrected chi connectivity index (χ1v) is 12.8. The van der Waals surface area contributed by atoms with Gasteiger partial charge in [-0.25, -0.2) is 4.79 Å². The maximum atomic E-state index is 13.6. The summed E-state index contributed by atoms with van der Waals surface area (Å²) in [5.74, 6) is -2.70. The Morgan fingerprint density at radius 3 is 2.49 bits per heavy atom. The van der Waals surface area contributed by atoms with Gasteiger partial charge >= 0.3 is 12.1 Å². The van der Waals surface area contributed by atoms with E-state index in [0.29, 0.717) is 23.1 Å². The molecule has 9 heteroatoms. The second-order valence-corrected chi connectivity index (χ2v) is 9.75. The highest BCUT2D eigenvalue weighted by atomic mass is 19.4. The second-order valence-electron chi connectivity index (χ2n) is 9.75. The van der Waals surface area contributed by atoms with Gasteiger partial charge in [-0.05, 0) is 65.9 Å². The molecule has 41 heavy (non-hydrogen) atoms. The van der Waals surface area contributed by atoms with Crippen LogP contribution in [0, 0.1) is 6.92 Å². The van der Waals surface area contributed by atoms with Crippen molar-refractivity contribution >= 4 is 29.5 Å². The molecule has 0 fully saturated rings. The first-order valence-electron chi connectivity index (χ1n) is 12.8. The van der Waals surface area contributed by atoms with Crippen molar-refractivity contribution in [1.82, 2.24) is 0 Å². The van der Waals surface area contributed by atoms with Crippen LogP contribution in [0.4, 0.5) is 24.5 Å². The zero-order chi connectivity index (χ0) is 29.3. The third-order valence-corrected chi connectivity index (χ3v) is 7.18. The topological polar surface area (TPSA) is 90.2 Å². The maximum absolute atomic E-state index is 13.6. The summed E-state index contributed by atoms with van der Waals surface area (Å²) >= 11 is 0. The normalized spacial score (nSPS) is 15.0. The summed E-state index contributed by atoms with van der Waals surface area (Å²) in [6.07, 6.45) is -2.79. The second kappa shape index (κ2) is 10.9. The van der Waals surface area contributed by atoms with Crippen molar-refractivity contribution in [2.45, 2.75) is 25.4 Å². The minimum absolute atomic E-state index is 0.0491. The van der Waals surface area contributed by atoms with Crippen LogP contribution in [0.5, 0.6) is 5.75 Å². The van der Waals surface area contributed by atoms with Gasteiger partial charge in [-0.15, -0.1) is 0 Å². The number of nitrogens with zero attached hydrogens (tertiary/aromatic N) is 2. The number of carboxylic acid groups (broad SMARTS) is 1. The number of aromatic carboxylic acids is 1. The van der Waals surface area contributed by atoms with Crippen LogP contribution >= 0.6 is 0 Å². The lowest BCUT2D eigenvalue weighted by molar-refractivity contribution is -0.137. The average molecular weight is 559 g/mol. The summed E-state index contributed by atoms with van der Waals surface area (Å²) < 4.78 is 40.7. The number of carbonyl (C=O) groups is 2. The van der Waals surface area contributed by atoms with Gasteiger partial charge in [0.05, 0.1) is 11.1 Å². The SMILES string of the molecule is Cc1ccccc1CCN1C(=O)C(C=Nc2cccc(-c3cccc(C(=O)O)c3)c2O)c2ccc(C(F)(F)F)cc21. The van der Waals surface area contributed by atoms with Crippen molar-refractivity contribution in [3.8, 4) is 16.9 Å². The molecular weight excluding hydrogens is 533 g/mol. The van der Waals surface area contributed by atoms with Gasteiger partial charge in [-0.3, -0.25) is 9.79 Å². The van der Waals surface area contributed by atoms with Gasteiger partial charge in [0, 0.05) is 24.0 Å². The van der Waals surface area contributed by atoms with E-state index in [1.165, 1.54) is 35.4 Å². The number of fused-ring (bicyclic) bond motifs is 1. The molecule has 1 unspecified atom stereocenters. The van der Waals surface area contributed by atoms with Crippen LogP contribution < -0.4 is 4.90 Å². The Morgan fingerprint density at radius 2 is 1.76 bits per heavy atom. The number of hydrogen-bond acceptors (Lipinski definition) is 4. The van der Waals surface area contributed by atoms with E-state index in [-0.39, 0.29) is 29.2 Å². The molecule has 6 nitrogen and oxygen atoms in total. The van der Waals surface area contributed by atoms with E-state index in [4.69, 9.17) is 0 Å². The number of carbonyl (C=O) groups excluding carboxylic acids is 1. The number of hydrogen-bond donors (Lipinski definition) is 2. The number of aromatic hydroxyl groups is 1. The first-order chi connectivity index (χ1) is 19.5. The number of amides is 1. The number of aryl methyl sites for hydroxylation is 1. The molecule has 0 saturated carbocycles. The van der Waals surface area contributed by atoms with Crippen LogP contribution in [-0.4, -0.2) is 34.8 Å². The molecular formula is C32H25F3N2O4. The number of anilines is 1. The number of alkyl halides is 3. The number of halogens is 3. The standard InChI is InChI=1S/C32H25F3N2O4/c1-19-6-2-3-7-20(19)14-15-37-28-17-23(32(33,34)35)12-13-25(28)26(30(37)39)18-36-27-11-5-10-24(29(27)38)21-8-4-9-22(16-21)31(40)41/h2-13,16-18,26,38H,14-15H2,1H3,(H,40,41). The molecule has 0 radical (unpaired) electrons. The largest absolute Gasteiger partial charge is 0.505 e. The van der Waals surface area contributed by atoms with Gasteiger partial charge in [0.25, 0.3) is 0 Å². The predicted molar refractivity (Wildman–Crippen MR) is 150 cm³/mol. The predicted octanol–water partition coefficient (Wildman–Crippen LogP) is 7.16. The summed E-state index contributed by atoms with van der Waals surface area (Å²) in [6, 6.07) is 21.7. The molecule has 1 atom stereocenters. The lowest BCUT2D eigenvalue weighted by Crippen LogP contribution is -2.31.